The summed E-state index contributed by atoms with van der Waals surface area (Å²) >= 11 is 0. The van der Waals surface area contributed by atoms with Crippen molar-refractivity contribution in [3.63, 3.8) is 0 Å². The Hall–Kier alpha value is -1.53. The van der Waals surface area contributed by atoms with Gasteiger partial charge in [-0.15, -0.1) is 0 Å². The summed E-state index contributed by atoms with van der Waals surface area (Å²) in [7, 11) is 0. The summed E-state index contributed by atoms with van der Waals surface area (Å²) in [5.74, 6) is 0.511. The molecule has 18 heavy (non-hydrogen) atoms. The minimum absolute atomic E-state index is 0.318. The average molecular weight is 243 g/mol. The fourth-order valence-corrected chi connectivity index (χ4v) is 2.63. The van der Waals surface area contributed by atoms with Gasteiger partial charge in [-0.2, -0.15) is 5.26 Å². The van der Waals surface area contributed by atoms with Crippen molar-refractivity contribution in [2.24, 2.45) is 17.1 Å². The molecule has 0 aromatic heterocycles. The third-order valence-corrected chi connectivity index (χ3v) is 4.20. The lowest BCUT2D eigenvalue weighted by molar-refractivity contribution is 0.177. The van der Waals surface area contributed by atoms with Crippen molar-refractivity contribution in [1.82, 2.24) is 0 Å². The molecule has 3 heteroatoms. The third kappa shape index (κ3) is 2.49. The van der Waals surface area contributed by atoms with Gasteiger partial charge in [0, 0.05) is 18.8 Å². The predicted molar refractivity (Wildman–Crippen MR) is 74.3 cm³/mol. The number of rotatable bonds is 2. The number of nitrogens with zero attached hydrogens (tertiary/aromatic N) is 2. The van der Waals surface area contributed by atoms with Crippen molar-refractivity contribution in [2.75, 3.05) is 24.5 Å². The number of piperidine rings is 1. The van der Waals surface area contributed by atoms with Crippen molar-refractivity contribution < 1.29 is 0 Å². The molecule has 0 saturated carbocycles. The van der Waals surface area contributed by atoms with Crippen LogP contribution < -0.4 is 10.6 Å². The van der Waals surface area contributed by atoms with Gasteiger partial charge in [-0.05, 0) is 42.5 Å². The van der Waals surface area contributed by atoms with Crippen molar-refractivity contribution >= 4 is 5.69 Å². The fraction of sp³-hybridized carbons (Fsp3) is 0.533. The standard InChI is InChI=1S/C15H21N3/c1-15(2)6-7-18(11-13(15)10-17)14-5-3-4-12(8-14)9-16/h3-5,8,13H,6-7,10-11,17H2,1-2H3. The SMILES string of the molecule is CC1(C)CCN(c2cccc(C#N)c2)CC1CN. The Morgan fingerprint density at radius 2 is 2.28 bits per heavy atom. The van der Waals surface area contributed by atoms with Crippen LogP contribution in [0.25, 0.3) is 0 Å². The van der Waals surface area contributed by atoms with Crippen LogP contribution in [0.1, 0.15) is 25.8 Å². The maximum absolute atomic E-state index is 8.95. The summed E-state index contributed by atoms with van der Waals surface area (Å²) in [4.78, 5) is 2.35. The van der Waals surface area contributed by atoms with Crippen molar-refractivity contribution in [1.29, 1.82) is 5.26 Å². The highest BCUT2D eigenvalue weighted by molar-refractivity contribution is 5.52. The van der Waals surface area contributed by atoms with E-state index in [1.54, 1.807) is 0 Å². The summed E-state index contributed by atoms with van der Waals surface area (Å²) < 4.78 is 0. The molecule has 1 aliphatic rings. The molecule has 1 fully saturated rings. The predicted octanol–water partition coefficient (Wildman–Crippen LogP) is 2.37. The molecule has 1 aliphatic heterocycles. The van der Waals surface area contributed by atoms with Crippen LogP contribution >= 0.6 is 0 Å². The summed E-state index contributed by atoms with van der Waals surface area (Å²) in [6.07, 6.45) is 1.14. The van der Waals surface area contributed by atoms with Crippen molar-refractivity contribution in [2.45, 2.75) is 20.3 Å². The van der Waals surface area contributed by atoms with E-state index in [9.17, 15) is 0 Å². The Labute approximate surface area is 109 Å². The summed E-state index contributed by atoms with van der Waals surface area (Å²) in [5, 5.41) is 8.95. The molecule has 1 heterocycles. The number of benzene rings is 1. The van der Waals surface area contributed by atoms with Gasteiger partial charge in [-0.25, -0.2) is 0 Å². The third-order valence-electron chi connectivity index (χ3n) is 4.20. The second-order valence-electron chi connectivity index (χ2n) is 5.78. The van der Waals surface area contributed by atoms with E-state index in [0.717, 1.165) is 37.3 Å². The first-order valence-corrected chi connectivity index (χ1v) is 6.52. The van der Waals surface area contributed by atoms with Crippen LogP contribution in [0.2, 0.25) is 0 Å². The average Bonchev–Trinajstić information content (AvgIpc) is 2.38. The van der Waals surface area contributed by atoms with Crippen LogP contribution in [0.5, 0.6) is 0 Å². The van der Waals surface area contributed by atoms with E-state index in [1.807, 2.05) is 18.2 Å². The fourth-order valence-electron chi connectivity index (χ4n) is 2.63. The van der Waals surface area contributed by atoms with Gasteiger partial charge < -0.3 is 10.6 Å². The maximum Gasteiger partial charge on any atom is 0.0992 e. The van der Waals surface area contributed by atoms with Crippen molar-refractivity contribution in [3.05, 3.63) is 29.8 Å². The molecular weight excluding hydrogens is 222 g/mol. The van der Waals surface area contributed by atoms with Crippen LogP contribution in [0.15, 0.2) is 24.3 Å². The molecule has 1 aromatic carbocycles. The smallest absolute Gasteiger partial charge is 0.0992 e. The van der Waals surface area contributed by atoms with Gasteiger partial charge in [0.05, 0.1) is 11.6 Å². The molecule has 3 nitrogen and oxygen atoms in total. The van der Waals surface area contributed by atoms with Crippen molar-refractivity contribution in [3.8, 4) is 6.07 Å². The van der Waals surface area contributed by atoms with Gasteiger partial charge in [-0.1, -0.05) is 19.9 Å². The lowest BCUT2D eigenvalue weighted by Gasteiger charge is -2.44. The van der Waals surface area contributed by atoms with E-state index in [2.05, 4.69) is 30.9 Å². The van der Waals surface area contributed by atoms with Gasteiger partial charge in [0.1, 0.15) is 0 Å². The lowest BCUT2D eigenvalue weighted by Crippen LogP contribution is -2.47. The van der Waals surface area contributed by atoms with E-state index in [-0.39, 0.29) is 0 Å². The Balaban J connectivity index is 2.18. The topological polar surface area (TPSA) is 53.0 Å². The minimum Gasteiger partial charge on any atom is -0.371 e. The minimum atomic E-state index is 0.318. The number of hydrogen-bond acceptors (Lipinski definition) is 3. The molecule has 1 atom stereocenters. The quantitative estimate of drug-likeness (QED) is 0.867. The summed E-state index contributed by atoms with van der Waals surface area (Å²) in [5.41, 5.74) is 8.08. The molecule has 0 aliphatic carbocycles. The van der Waals surface area contributed by atoms with Crippen LogP contribution in [0.4, 0.5) is 5.69 Å². The van der Waals surface area contributed by atoms with Crippen LogP contribution in [0, 0.1) is 22.7 Å². The van der Waals surface area contributed by atoms with Gasteiger partial charge in [0.2, 0.25) is 0 Å². The Morgan fingerprint density at radius 1 is 1.50 bits per heavy atom. The maximum atomic E-state index is 8.95. The first kappa shape index (κ1) is 12.9. The molecule has 0 radical (unpaired) electrons. The zero-order valence-electron chi connectivity index (χ0n) is 11.2. The molecule has 1 saturated heterocycles. The molecule has 2 N–H and O–H groups in total. The molecular formula is C15H21N3. The van der Waals surface area contributed by atoms with E-state index in [0.29, 0.717) is 11.3 Å². The van der Waals surface area contributed by atoms with Crippen LogP contribution in [-0.4, -0.2) is 19.6 Å². The molecule has 1 unspecified atom stereocenters. The number of hydrogen-bond donors (Lipinski definition) is 1. The van der Waals surface area contributed by atoms with E-state index in [4.69, 9.17) is 11.0 Å². The summed E-state index contributed by atoms with van der Waals surface area (Å²) in [6, 6.07) is 10.0. The summed E-state index contributed by atoms with van der Waals surface area (Å²) in [6.45, 7) is 7.35. The Morgan fingerprint density at radius 3 is 2.94 bits per heavy atom. The second kappa shape index (κ2) is 4.99. The highest BCUT2D eigenvalue weighted by Gasteiger charge is 2.34. The number of anilines is 1. The van der Waals surface area contributed by atoms with E-state index < -0.39 is 0 Å². The van der Waals surface area contributed by atoms with Gasteiger partial charge in [-0.3, -0.25) is 0 Å². The van der Waals surface area contributed by atoms with Gasteiger partial charge in [0.25, 0.3) is 0 Å². The number of nitrogens with two attached hydrogens (primary N) is 1. The van der Waals surface area contributed by atoms with Gasteiger partial charge >= 0.3 is 0 Å². The second-order valence-corrected chi connectivity index (χ2v) is 5.78. The lowest BCUT2D eigenvalue weighted by atomic mass is 9.73. The zero-order chi connectivity index (χ0) is 13.2. The molecule has 2 rings (SSSR count). The monoisotopic (exact) mass is 243 g/mol. The molecule has 0 spiro atoms. The molecule has 1 aromatic rings. The zero-order valence-corrected chi connectivity index (χ0v) is 11.2. The first-order valence-electron chi connectivity index (χ1n) is 6.52. The van der Waals surface area contributed by atoms with E-state index >= 15 is 0 Å². The van der Waals surface area contributed by atoms with Crippen LogP contribution in [-0.2, 0) is 0 Å². The first-order chi connectivity index (χ1) is 8.56. The molecule has 96 valence electrons. The highest BCUT2D eigenvalue weighted by atomic mass is 15.1. The number of nitriles is 1. The molecule has 0 amide bonds. The van der Waals surface area contributed by atoms with E-state index in [1.165, 1.54) is 0 Å². The Kier molecular flexibility index (Phi) is 3.58. The van der Waals surface area contributed by atoms with Crippen LogP contribution in [0.3, 0.4) is 0 Å². The molecule has 0 bridgehead atoms. The Bertz CT molecular complexity index is 459. The largest absolute Gasteiger partial charge is 0.371 e. The van der Waals surface area contributed by atoms with Gasteiger partial charge in [0.15, 0.2) is 0 Å². The highest BCUT2D eigenvalue weighted by Crippen LogP contribution is 2.36. The normalized spacial score (nSPS) is 22.6.